The zero-order chi connectivity index (χ0) is 11.6. The first-order valence-electron chi connectivity index (χ1n) is 4.18. The minimum absolute atomic E-state index is 0.223. The molecule has 0 bridgehead atoms. The maximum Gasteiger partial charge on any atom is 0.406 e. The summed E-state index contributed by atoms with van der Waals surface area (Å²) >= 11 is 0. The molecular weight excluding hydrogens is 215 g/mol. The van der Waals surface area contributed by atoms with Crippen molar-refractivity contribution in [3.05, 3.63) is 0 Å². The van der Waals surface area contributed by atoms with Crippen LogP contribution in [0.4, 0.5) is 13.2 Å². The fourth-order valence-corrected chi connectivity index (χ4v) is 1.43. The molecule has 1 atom stereocenters. The van der Waals surface area contributed by atoms with Crippen molar-refractivity contribution in [3.63, 3.8) is 0 Å². The number of rotatable bonds is 2. The predicted molar refractivity (Wildman–Crippen MR) is 43.1 cm³/mol. The number of amides is 2. The molecule has 0 spiro atoms. The summed E-state index contributed by atoms with van der Waals surface area (Å²) < 4.78 is 35.9. The first-order chi connectivity index (χ1) is 6.83. The highest BCUT2D eigenvalue weighted by atomic mass is 19.4. The van der Waals surface area contributed by atoms with E-state index in [2.05, 4.69) is 0 Å². The number of likely N-dealkylation sites (tertiary alicyclic amines) is 1. The van der Waals surface area contributed by atoms with Gasteiger partial charge in [-0.1, -0.05) is 0 Å². The van der Waals surface area contributed by atoms with Crippen molar-refractivity contribution in [2.75, 3.05) is 13.1 Å². The van der Waals surface area contributed by atoms with Gasteiger partial charge in [0.25, 0.3) is 0 Å². The molecule has 86 valence electrons. The van der Waals surface area contributed by atoms with Crippen molar-refractivity contribution >= 4 is 11.8 Å². The van der Waals surface area contributed by atoms with Crippen LogP contribution < -0.4 is 11.3 Å². The lowest BCUT2D eigenvalue weighted by Crippen LogP contribution is -2.39. The Bertz CT molecular complexity index is 279. The van der Waals surface area contributed by atoms with E-state index in [1.54, 1.807) is 0 Å². The normalized spacial score (nSPS) is 22.0. The molecule has 0 aromatic heterocycles. The van der Waals surface area contributed by atoms with Crippen molar-refractivity contribution in [3.8, 4) is 0 Å². The van der Waals surface area contributed by atoms with Gasteiger partial charge in [0.2, 0.25) is 11.8 Å². The molecule has 0 aliphatic carbocycles. The Morgan fingerprint density at radius 2 is 2.20 bits per heavy atom. The van der Waals surface area contributed by atoms with Gasteiger partial charge in [-0.05, 0) is 0 Å². The van der Waals surface area contributed by atoms with Gasteiger partial charge in [0.15, 0.2) is 0 Å². The van der Waals surface area contributed by atoms with Gasteiger partial charge in [-0.15, -0.1) is 0 Å². The van der Waals surface area contributed by atoms with Gasteiger partial charge in [-0.3, -0.25) is 15.0 Å². The number of nitrogens with zero attached hydrogens (tertiary/aromatic N) is 1. The third kappa shape index (κ3) is 3.08. The molecule has 2 amide bonds. The van der Waals surface area contributed by atoms with E-state index in [-0.39, 0.29) is 13.0 Å². The molecule has 1 aliphatic rings. The lowest BCUT2D eigenvalue weighted by atomic mass is 10.1. The smallest absolute Gasteiger partial charge is 0.333 e. The van der Waals surface area contributed by atoms with Crippen molar-refractivity contribution in [2.24, 2.45) is 11.8 Å². The Morgan fingerprint density at radius 1 is 1.60 bits per heavy atom. The summed E-state index contributed by atoms with van der Waals surface area (Å²) in [6.45, 7) is -1.55. The van der Waals surface area contributed by atoms with Crippen LogP contribution in [0.15, 0.2) is 0 Å². The number of halogens is 3. The lowest BCUT2D eigenvalue weighted by molar-refractivity contribution is -0.157. The zero-order valence-corrected chi connectivity index (χ0v) is 7.67. The summed E-state index contributed by atoms with van der Waals surface area (Å²) in [6, 6.07) is 0. The van der Waals surface area contributed by atoms with Crippen LogP contribution in [0, 0.1) is 5.92 Å². The molecule has 5 nitrogen and oxygen atoms in total. The van der Waals surface area contributed by atoms with Crippen LogP contribution in [0.3, 0.4) is 0 Å². The van der Waals surface area contributed by atoms with Crippen molar-refractivity contribution in [1.29, 1.82) is 0 Å². The predicted octanol–water partition coefficient (Wildman–Crippen LogP) is -0.613. The molecule has 8 heteroatoms. The summed E-state index contributed by atoms with van der Waals surface area (Å²) in [5, 5.41) is 0. The number of carbonyl (C=O) groups is 2. The first-order valence-corrected chi connectivity index (χ1v) is 4.18. The lowest BCUT2D eigenvalue weighted by Gasteiger charge is -2.17. The molecule has 1 rings (SSSR count). The second-order valence-electron chi connectivity index (χ2n) is 3.30. The molecule has 0 aromatic carbocycles. The fraction of sp³-hybridized carbons (Fsp3) is 0.714. The second-order valence-corrected chi connectivity index (χ2v) is 3.30. The van der Waals surface area contributed by atoms with E-state index in [1.807, 2.05) is 5.43 Å². The molecule has 1 saturated heterocycles. The number of hydrogen-bond donors (Lipinski definition) is 2. The minimum Gasteiger partial charge on any atom is -0.333 e. The average Bonchev–Trinajstić information content (AvgIpc) is 2.44. The van der Waals surface area contributed by atoms with Gasteiger partial charge < -0.3 is 4.90 Å². The first kappa shape index (κ1) is 11.8. The fourth-order valence-electron chi connectivity index (χ4n) is 1.43. The van der Waals surface area contributed by atoms with Crippen LogP contribution in [-0.4, -0.2) is 36.0 Å². The Morgan fingerprint density at radius 3 is 2.67 bits per heavy atom. The summed E-state index contributed by atoms with van der Waals surface area (Å²) in [4.78, 5) is 22.7. The molecule has 15 heavy (non-hydrogen) atoms. The summed E-state index contributed by atoms with van der Waals surface area (Å²) in [7, 11) is 0. The van der Waals surface area contributed by atoms with Crippen LogP contribution in [0.1, 0.15) is 6.42 Å². The SMILES string of the molecule is NNC(=O)C1CC(=O)N(CC(F)(F)F)C1. The molecule has 1 heterocycles. The minimum atomic E-state index is -4.44. The van der Waals surface area contributed by atoms with Crippen LogP contribution in [0.5, 0.6) is 0 Å². The van der Waals surface area contributed by atoms with Crippen molar-refractivity contribution in [1.82, 2.24) is 10.3 Å². The van der Waals surface area contributed by atoms with Crippen LogP contribution >= 0.6 is 0 Å². The standard InChI is InChI=1S/C7H10F3N3O2/c8-7(9,10)3-13-2-4(1-5(13)14)6(15)12-11/h4H,1-3,11H2,(H,12,15). The summed E-state index contributed by atoms with van der Waals surface area (Å²) in [6.07, 6.45) is -4.66. The number of hydrogen-bond acceptors (Lipinski definition) is 3. The summed E-state index contributed by atoms with van der Waals surface area (Å²) in [5.41, 5.74) is 1.81. The monoisotopic (exact) mass is 225 g/mol. The van der Waals surface area contributed by atoms with E-state index in [0.717, 1.165) is 0 Å². The van der Waals surface area contributed by atoms with E-state index < -0.39 is 30.5 Å². The van der Waals surface area contributed by atoms with Crippen molar-refractivity contribution in [2.45, 2.75) is 12.6 Å². The molecule has 1 fully saturated rings. The van der Waals surface area contributed by atoms with Crippen LogP contribution in [0.25, 0.3) is 0 Å². The Hall–Kier alpha value is -1.31. The van der Waals surface area contributed by atoms with E-state index in [4.69, 9.17) is 5.84 Å². The highest BCUT2D eigenvalue weighted by Crippen LogP contribution is 2.23. The Kier molecular flexibility index (Phi) is 3.18. The molecule has 1 aliphatic heterocycles. The van der Waals surface area contributed by atoms with Gasteiger partial charge in [0.05, 0.1) is 5.92 Å². The number of nitrogens with two attached hydrogens (primary N) is 1. The Balaban J connectivity index is 2.57. The number of alkyl halides is 3. The molecule has 0 aromatic rings. The number of nitrogens with one attached hydrogen (secondary N) is 1. The van der Waals surface area contributed by atoms with E-state index in [1.165, 1.54) is 0 Å². The average molecular weight is 225 g/mol. The topological polar surface area (TPSA) is 75.4 Å². The maximum absolute atomic E-state index is 12.0. The molecular formula is C7H10F3N3O2. The largest absolute Gasteiger partial charge is 0.406 e. The van der Waals surface area contributed by atoms with E-state index in [0.29, 0.717) is 4.90 Å². The molecule has 3 N–H and O–H groups in total. The quantitative estimate of drug-likeness (QED) is 0.374. The zero-order valence-electron chi connectivity index (χ0n) is 7.67. The van der Waals surface area contributed by atoms with Gasteiger partial charge >= 0.3 is 6.18 Å². The molecule has 1 unspecified atom stereocenters. The van der Waals surface area contributed by atoms with Gasteiger partial charge in [-0.2, -0.15) is 13.2 Å². The van der Waals surface area contributed by atoms with E-state index >= 15 is 0 Å². The molecule has 0 radical (unpaired) electrons. The third-order valence-corrected chi connectivity index (χ3v) is 2.10. The number of carbonyl (C=O) groups excluding carboxylic acids is 2. The van der Waals surface area contributed by atoms with Gasteiger partial charge in [-0.25, -0.2) is 5.84 Å². The third-order valence-electron chi connectivity index (χ3n) is 2.10. The summed E-state index contributed by atoms with van der Waals surface area (Å²) in [5.74, 6) is 2.73. The van der Waals surface area contributed by atoms with Crippen LogP contribution in [-0.2, 0) is 9.59 Å². The highest BCUT2D eigenvalue weighted by Gasteiger charge is 2.40. The maximum atomic E-state index is 12.0. The number of hydrazine groups is 1. The van der Waals surface area contributed by atoms with Crippen LogP contribution in [0.2, 0.25) is 0 Å². The van der Waals surface area contributed by atoms with Crippen molar-refractivity contribution < 1.29 is 22.8 Å². The highest BCUT2D eigenvalue weighted by molar-refractivity contribution is 5.88. The van der Waals surface area contributed by atoms with E-state index in [9.17, 15) is 22.8 Å². The Labute approximate surface area is 83.4 Å². The van der Waals surface area contributed by atoms with Gasteiger partial charge in [0.1, 0.15) is 6.54 Å². The van der Waals surface area contributed by atoms with Gasteiger partial charge in [0, 0.05) is 13.0 Å². The molecule has 0 saturated carbocycles. The second kappa shape index (κ2) is 4.05.